The fourth-order valence-electron chi connectivity index (χ4n) is 2.54. The van der Waals surface area contributed by atoms with E-state index in [-0.39, 0.29) is 30.9 Å². The van der Waals surface area contributed by atoms with Gasteiger partial charge >= 0.3 is 24.8 Å². The fraction of sp³-hybridized carbons (Fsp3) is 0.333. The number of likely N-dealkylation sites (N-methyl/N-ethyl adjacent to an activating group) is 1. The van der Waals surface area contributed by atoms with E-state index in [9.17, 15) is 4.79 Å². The summed E-state index contributed by atoms with van der Waals surface area (Å²) in [4.78, 5) is 18.5. The van der Waals surface area contributed by atoms with Crippen molar-refractivity contribution < 1.29 is 9.53 Å². The molecule has 1 fully saturated rings. The molecule has 1 aromatic heterocycles. The number of para-hydroxylation sites is 1. The quantitative estimate of drug-likeness (QED) is 0.469. The third-order valence-electron chi connectivity index (χ3n) is 3.60. The SMILES string of the molecule is CN1CCCC1C(=O)Oc1cccc2cccnc12.[LiH]. The number of fused-ring (bicyclic) bond motifs is 1. The van der Waals surface area contributed by atoms with Crippen molar-refractivity contribution in [2.45, 2.75) is 18.9 Å². The maximum atomic E-state index is 12.2. The van der Waals surface area contributed by atoms with E-state index < -0.39 is 0 Å². The number of benzene rings is 1. The number of hydrogen-bond acceptors (Lipinski definition) is 4. The molecule has 0 saturated carbocycles. The van der Waals surface area contributed by atoms with Crippen molar-refractivity contribution in [2.75, 3.05) is 13.6 Å². The summed E-state index contributed by atoms with van der Waals surface area (Å²) in [5, 5.41) is 0.979. The minimum atomic E-state index is -0.182. The molecule has 0 aliphatic carbocycles. The van der Waals surface area contributed by atoms with E-state index in [1.54, 1.807) is 12.3 Å². The van der Waals surface area contributed by atoms with Gasteiger partial charge in [-0.2, -0.15) is 0 Å². The van der Waals surface area contributed by atoms with E-state index in [1.165, 1.54) is 0 Å². The van der Waals surface area contributed by atoms with Gasteiger partial charge in [-0.1, -0.05) is 18.2 Å². The molecule has 100 valence electrons. The topological polar surface area (TPSA) is 42.4 Å². The first-order valence-electron chi connectivity index (χ1n) is 6.51. The number of rotatable bonds is 2. The second-order valence-electron chi connectivity index (χ2n) is 4.89. The molecule has 1 aliphatic rings. The molecule has 1 unspecified atom stereocenters. The molecule has 4 nitrogen and oxygen atoms in total. The molecule has 1 aromatic carbocycles. The van der Waals surface area contributed by atoms with Crippen molar-refractivity contribution in [3.05, 3.63) is 36.5 Å². The molecule has 0 bridgehead atoms. The Hall–Kier alpha value is -1.34. The summed E-state index contributed by atoms with van der Waals surface area (Å²) >= 11 is 0. The van der Waals surface area contributed by atoms with Crippen LogP contribution in [0.4, 0.5) is 0 Å². The standard InChI is InChI=1S/C15H16N2O2.Li.H/c1-17-10-4-7-12(17)15(18)19-13-8-2-5-11-6-3-9-16-14(11)13;;/h2-3,5-6,8-9,12H,4,7,10H2,1H3;;. The summed E-state index contributed by atoms with van der Waals surface area (Å²) in [6.45, 7) is 0.952. The van der Waals surface area contributed by atoms with Gasteiger partial charge in [0.05, 0.1) is 0 Å². The molecule has 3 rings (SSSR count). The van der Waals surface area contributed by atoms with E-state index >= 15 is 0 Å². The van der Waals surface area contributed by atoms with Crippen LogP contribution in [-0.4, -0.2) is 54.3 Å². The van der Waals surface area contributed by atoms with Crippen LogP contribution in [0, 0.1) is 0 Å². The van der Waals surface area contributed by atoms with Crippen LogP contribution < -0.4 is 4.74 Å². The van der Waals surface area contributed by atoms with Gasteiger partial charge < -0.3 is 4.74 Å². The number of carbonyl (C=O) groups excluding carboxylic acids is 1. The average molecular weight is 264 g/mol. The number of hydrogen-bond donors (Lipinski definition) is 0. The zero-order chi connectivity index (χ0) is 13.2. The van der Waals surface area contributed by atoms with E-state index in [2.05, 4.69) is 4.98 Å². The van der Waals surface area contributed by atoms with Crippen LogP contribution in [-0.2, 0) is 4.79 Å². The van der Waals surface area contributed by atoms with Crippen molar-refractivity contribution in [1.29, 1.82) is 0 Å². The summed E-state index contributed by atoms with van der Waals surface area (Å²) in [6.07, 6.45) is 3.62. The predicted molar refractivity (Wildman–Crippen MR) is 80.2 cm³/mol. The molecule has 1 saturated heterocycles. The molecule has 2 aromatic rings. The third kappa shape index (κ3) is 2.88. The first-order valence-corrected chi connectivity index (χ1v) is 6.51. The average Bonchev–Trinajstić information content (AvgIpc) is 2.85. The Balaban J connectivity index is 0.00000147. The van der Waals surface area contributed by atoms with Crippen molar-refractivity contribution in [1.82, 2.24) is 9.88 Å². The Morgan fingerprint density at radius 2 is 2.15 bits per heavy atom. The molecule has 0 radical (unpaired) electrons. The number of pyridine rings is 1. The normalized spacial score (nSPS) is 18.8. The number of ether oxygens (including phenoxy) is 1. The third-order valence-corrected chi connectivity index (χ3v) is 3.60. The van der Waals surface area contributed by atoms with Gasteiger partial charge in [0.1, 0.15) is 11.6 Å². The van der Waals surface area contributed by atoms with E-state index in [1.807, 2.05) is 36.2 Å². The van der Waals surface area contributed by atoms with Crippen LogP contribution in [0.3, 0.4) is 0 Å². The van der Waals surface area contributed by atoms with Gasteiger partial charge in [0, 0.05) is 11.6 Å². The Morgan fingerprint density at radius 1 is 1.35 bits per heavy atom. The summed E-state index contributed by atoms with van der Waals surface area (Å²) in [5.74, 6) is 0.363. The number of nitrogens with zero attached hydrogens (tertiary/aromatic N) is 2. The van der Waals surface area contributed by atoms with Crippen LogP contribution in [0.15, 0.2) is 36.5 Å². The van der Waals surface area contributed by atoms with Crippen molar-refractivity contribution in [2.24, 2.45) is 0 Å². The first kappa shape index (κ1) is 15.1. The van der Waals surface area contributed by atoms with Crippen LogP contribution in [0.25, 0.3) is 10.9 Å². The number of esters is 1. The van der Waals surface area contributed by atoms with Crippen LogP contribution >= 0.6 is 0 Å². The molecule has 20 heavy (non-hydrogen) atoms. The first-order chi connectivity index (χ1) is 9.25. The van der Waals surface area contributed by atoms with Crippen molar-refractivity contribution in [3.63, 3.8) is 0 Å². The van der Waals surface area contributed by atoms with Crippen LogP contribution in [0.2, 0.25) is 0 Å². The molecule has 0 N–H and O–H groups in total. The van der Waals surface area contributed by atoms with Crippen LogP contribution in [0.1, 0.15) is 12.8 Å². The summed E-state index contributed by atoms with van der Waals surface area (Å²) in [5.41, 5.74) is 0.735. The molecule has 5 heteroatoms. The molecule has 2 heterocycles. The number of likely N-dealkylation sites (tertiary alicyclic amines) is 1. The zero-order valence-electron chi connectivity index (χ0n) is 10.9. The van der Waals surface area contributed by atoms with Crippen LogP contribution in [0.5, 0.6) is 5.75 Å². The summed E-state index contributed by atoms with van der Waals surface area (Å²) in [6, 6.07) is 9.34. The van der Waals surface area contributed by atoms with E-state index in [0.29, 0.717) is 5.75 Å². The minimum absolute atomic E-state index is 0. The number of carbonyl (C=O) groups is 1. The Morgan fingerprint density at radius 3 is 2.90 bits per heavy atom. The predicted octanol–water partition coefficient (Wildman–Crippen LogP) is 1.59. The van der Waals surface area contributed by atoms with Gasteiger partial charge in [-0.05, 0) is 38.6 Å². The van der Waals surface area contributed by atoms with Crippen molar-refractivity contribution in [3.8, 4) is 5.75 Å². The molecule has 0 spiro atoms. The molecule has 0 amide bonds. The van der Waals surface area contributed by atoms with E-state index in [4.69, 9.17) is 4.74 Å². The van der Waals surface area contributed by atoms with Gasteiger partial charge in [0.15, 0.2) is 5.75 Å². The molecule has 1 atom stereocenters. The number of aromatic nitrogens is 1. The molecular weight excluding hydrogens is 247 g/mol. The molecular formula is C15H17LiN2O2. The second-order valence-corrected chi connectivity index (χ2v) is 4.89. The summed E-state index contributed by atoms with van der Waals surface area (Å²) in [7, 11) is 1.96. The monoisotopic (exact) mass is 264 g/mol. The zero-order valence-corrected chi connectivity index (χ0v) is 10.9. The Kier molecular flexibility index (Phi) is 4.82. The Bertz CT molecular complexity index is 612. The van der Waals surface area contributed by atoms with Gasteiger partial charge in [0.2, 0.25) is 0 Å². The maximum absolute atomic E-state index is 12.2. The summed E-state index contributed by atoms with van der Waals surface area (Å²) < 4.78 is 5.54. The van der Waals surface area contributed by atoms with E-state index in [0.717, 1.165) is 30.3 Å². The van der Waals surface area contributed by atoms with Gasteiger partial charge in [0.25, 0.3) is 0 Å². The van der Waals surface area contributed by atoms with Gasteiger partial charge in [-0.3, -0.25) is 9.88 Å². The molecule has 1 aliphatic heterocycles. The second kappa shape index (κ2) is 6.40. The van der Waals surface area contributed by atoms with Gasteiger partial charge in [-0.15, -0.1) is 0 Å². The van der Waals surface area contributed by atoms with Gasteiger partial charge in [-0.25, -0.2) is 4.79 Å². The Labute approximate surface area is 130 Å². The fourth-order valence-corrected chi connectivity index (χ4v) is 2.54. The van der Waals surface area contributed by atoms with Crippen molar-refractivity contribution >= 4 is 35.7 Å².